The molecule has 8 heteroatoms. The van der Waals surface area contributed by atoms with Gasteiger partial charge in [0, 0.05) is 18.3 Å². The Labute approximate surface area is 124 Å². The van der Waals surface area contributed by atoms with E-state index in [4.69, 9.17) is 4.42 Å². The Morgan fingerprint density at radius 3 is 2.95 bits per heavy atom. The molecule has 0 saturated carbocycles. The van der Waals surface area contributed by atoms with Gasteiger partial charge in [-0.05, 0) is 31.2 Å². The number of aromatic nitrogens is 4. The Bertz CT molecular complexity index is 811. The maximum atomic E-state index is 13.2. The van der Waals surface area contributed by atoms with Crippen molar-refractivity contribution in [2.24, 2.45) is 0 Å². The van der Waals surface area contributed by atoms with Gasteiger partial charge in [-0.25, -0.2) is 4.39 Å². The number of amides is 1. The number of hydrogen-bond donors (Lipinski definition) is 1. The molecule has 0 aliphatic carbocycles. The van der Waals surface area contributed by atoms with Gasteiger partial charge in [-0.15, -0.1) is 5.10 Å². The van der Waals surface area contributed by atoms with Crippen LogP contribution in [0.4, 0.5) is 10.4 Å². The van der Waals surface area contributed by atoms with E-state index in [0.717, 1.165) is 0 Å². The van der Waals surface area contributed by atoms with Crippen LogP contribution in [0, 0.1) is 5.82 Å². The van der Waals surface area contributed by atoms with E-state index in [9.17, 15) is 9.18 Å². The summed E-state index contributed by atoms with van der Waals surface area (Å²) in [4.78, 5) is 12.0. The Hall–Kier alpha value is -3.03. The van der Waals surface area contributed by atoms with Gasteiger partial charge in [-0.3, -0.25) is 14.8 Å². The number of nitrogens with zero attached hydrogens (tertiary/aromatic N) is 4. The van der Waals surface area contributed by atoms with Crippen LogP contribution in [0.3, 0.4) is 0 Å². The molecule has 0 atom stereocenters. The van der Waals surface area contributed by atoms with Gasteiger partial charge in [0.15, 0.2) is 5.69 Å². The molecular formula is C14H12FN5O2. The number of rotatable bonds is 4. The average molecular weight is 301 g/mol. The molecule has 0 saturated heterocycles. The zero-order valence-electron chi connectivity index (χ0n) is 11.7. The van der Waals surface area contributed by atoms with E-state index >= 15 is 0 Å². The standard InChI is InChI=1S/C14H12FN5O2/c1-2-20-7-6-11(19-20)12(21)16-14-18-17-13(22-14)9-4-3-5-10(15)8-9/h3-8H,2H2,1H3,(H,16,18,21). The van der Waals surface area contributed by atoms with Crippen LogP contribution in [0.5, 0.6) is 0 Å². The molecule has 0 aliphatic rings. The molecule has 0 aliphatic heterocycles. The zero-order valence-corrected chi connectivity index (χ0v) is 11.7. The summed E-state index contributed by atoms with van der Waals surface area (Å²) in [6.45, 7) is 2.58. The number of halogens is 1. The van der Waals surface area contributed by atoms with Crippen LogP contribution in [0.2, 0.25) is 0 Å². The lowest BCUT2D eigenvalue weighted by atomic mass is 10.2. The van der Waals surface area contributed by atoms with E-state index in [0.29, 0.717) is 12.1 Å². The summed E-state index contributed by atoms with van der Waals surface area (Å²) in [7, 11) is 0. The molecule has 112 valence electrons. The Morgan fingerprint density at radius 2 is 2.23 bits per heavy atom. The molecule has 0 radical (unpaired) electrons. The fraction of sp³-hybridized carbons (Fsp3) is 0.143. The Balaban J connectivity index is 1.75. The summed E-state index contributed by atoms with van der Waals surface area (Å²) in [5.74, 6) is -0.748. The SMILES string of the molecule is CCn1ccc(C(=O)Nc2nnc(-c3cccc(F)c3)o2)n1. The molecule has 0 unspecified atom stereocenters. The number of anilines is 1. The molecule has 0 bridgehead atoms. The molecule has 3 aromatic rings. The molecule has 7 nitrogen and oxygen atoms in total. The van der Waals surface area contributed by atoms with Gasteiger partial charge < -0.3 is 4.42 Å². The minimum atomic E-state index is -0.457. The largest absolute Gasteiger partial charge is 0.403 e. The molecule has 0 spiro atoms. The third-order valence-electron chi connectivity index (χ3n) is 2.91. The molecule has 2 aromatic heterocycles. The van der Waals surface area contributed by atoms with Crippen molar-refractivity contribution in [3.05, 3.63) is 48.0 Å². The summed E-state index contributed by atoms with van der Waals surface area (Å²) < 4.78 is 20.1. The van der Waals surface area contributed by atoms with E-state index in [1.54, 1.807) is 23.0 Å². The van der Waals surface area contributed by atoms with Crippen molar-refractivity contribution in [2.75, 3.05) is 5.32 Å². The number of carbonyl (C=O) groups is 1. The third-order valence-corrected chi connectivity index (χ3v) is 2.91. The second-order valence-electron chi connectivity index (χ2n) is 4.43. The monoisotopic (exact) mass is 301 g/mol. The third kappa shape index (κ3) is 2.85. The number of nitrogens with one attached hydrogen (secondary N) is 1. The van der Waals surface area contributed by atoms with Gasteiger partial charge in [-0.1, -0.05) is 11.2 Å². The first-order valence-corrected chi connectivity index (χ1v) is 6.60. The van der Waals surface area contributed by atoms with Crippen molar-refractivity contribution in [3.8, 4) is 11.5 Å². The van der Waals surface area contributed by atoms with Crippen molar-refractivity contribution < 1.29 is 13.6 Å². The Kier molecular flexibility index (Phi) is 3.65. The van der Waals surface area contributed by atoms with E-state index in [1.165, 1.54) is 18.2 Å². The maximum absolute atomic E-state index is 13.2. The topological polar surface area (TPSA) is 85.8 Å². The highest BCUT2D eigenvalue weighted by Crippen LogP contribution is 2.20. The van der Waals surface area contributed by atoms with Crippen LogP contribution in [0.15, 0.2) is 40.9 Å². The van der Waals surface area contributed by atoms with Crippen LogP contribution >= 0.6 is 0 Å². The van der Waals surface area contributed by atoms with Gasteiger partial charge in [0.2, 0.25) is 5.89 Å². The number of hydrogen-bond acceptors (Lipinski definition) is 5. The summed E-state index contributed by atoms with van der Waals surface area (Å²) in [6, 6.07) is 7.25. The first-order valence-electron chi connectivity index (χ1n) is 6.60. The fourth-order valence-corrected chi connectivity index (χ4v) is 1.83. The molecule has 1 aromatic carbocycles. The molecule has 1 N–H and O–H groups in total. The van der Waals surface area contributed by atoms with Gasteiger partial charge in [0.05, 0.1) is 0 Å². The first-order chi connectivity index (χ1) is 10.7. The highest BCUT2D eigenvalue weighted by atomic mass is 19.1. The van der Waals surface area contributed by atoms with Crippen LogP contribution < -0.4 is 5.32 Å². The minimum absolute atomic E-state index is 0.0738. The van der Waals surface area contributed by atoms with E-state index in [-0.39, 0.29) is 17.6 Å². The van der Waals surface area contributed by atoms with E-state index < -0.39 is 11.7 Å². The molecule has 0 fully saturated rings. The molecule has 2 heterocycles. The first kappa shape index (κ1) is 13.9. The maximum Gasteiger partial charge on any atom is 0.322 e. The highest BCUT2D eigenvalue weighted by Gasteiger charge is 2.14. The molecule has 22 heavy (non-hydrogen) atoms. The van der Waals surface area contributed by atoms with Crippen molar-refractivity contribution >= 4 is 11.9 Å². The van der Waals surface area contributed by atoms with Crippen molar-refractivity contribution in [2.45, 2.75) is 13.5 Å². The van der Waals surface area contributed by atoms with Crippen LogP contribution in [-0.4, -0.2) is 25.9 Å². The zero-order chi connectivity index (χ0) is 15.5. The fourth-order valence-electron chi connectivity index (χ4n) is 1.83. The predicted molar refractivity (Wildman–Crippen MR) is 75.5 cm³/mol. The second-order valence-corrected chi connectivity index (χ2v) is 4.43. The lowest BCUT2D eigenvalue weighted by molar-refractivity contribution is 0.101. The van der Waals surface area contributed by atoms with Crippen LogP contribution in [-0.2, 0) is 6.54 Å². The summed E-state index contributed by atoms with van der Waals surface area (Å²) >= 11 is 0. The summed E-state index contributed by atoms with van der Waals surface area (Å²) in [6.07, 6.45) is 1.70. The number of carbonyl (C=O) groups excluding carboxylic acids is 1. The highest BCUT2D eigenvalue weighted by molar-refractivity contribution is 6.01. The van der Waals surface area contributed by atoms with E-state index in [1.807, 2.05) is 6.92 Å². The number of aryl methyl sites for hydroxylation is 1. The lowest BCUT2D eigenvalue weighted by Crippen LogP contribution is -2.13. The second kappa shape index (κ2) is 5.76. The summed E-state index contributed by atoms with van der Waals surface area (Å²) in [5, 5.41) is 14.0. The number of benzene rings is 1. The molecule has 3 rings (SSSR count). The molecule has 1 amide bonds. The van der Waals surface area contributed by atoms with Crippen molar-refractivity contribution in [1.82, 2.24) is 20.0 Å². The van der Waals surface area contributed by atoms with Gasteiger partial charge in [0.1, 0.15) is 5.82 Å². The average Bonchev–Trinajstić information content (AvgIpc) is 3.16. The lowest BCUT2D eigenvalue weighted by Gasteiger charge is -1.97. The van der Waals surface area contributed by atoms with Crippen LogP contribution in [0.25, 0.3) is 11.5 Å². The smallest absolute Gasteiger partial charge is 0.322 e. The van der Waals surface area contributed by atoms with Crippen molar-refractivity contribution in [1.29, 1.82) is 0 Å². The Morgan fingerprint density at radius 1 is 1.36 bits per heavy atom. The van der Waals surface area contributed by atoms with Gasteiger partial charge in [-0.2, -0.15) is 5.10 Å². The van der Waals surface area contributed by atoms with Gasteiger partial charge >= 0.3 is 6.01 Å². The summed E-state index contributed by atoms with van der Waals surface area (Å²) in [5.41, 5.74) is 0.676. The van der Waals surface area contributed by atoms with Gasteiger partial charge in [0.25, 0.3) is 5.91 Å². The quantitative estimate of drug-likeness (QED) is 0.799. The van der Waals surface area contributed by atoms with E-state index in [2.05, 4.69) is 20.6 Å². The molecular weight excluding hydrogens is 289 g/mol. The predicted octanol–water partition coefficient (Wildman–Crippen LogP) is 2.34. The minimum Gasteiger partial charge on any atom is -0.403 e. The van der Waals surface area contributed by atoms with Crippen LogP contribution in [0.1, 0.15) is 17.4 Å². The normalized spacial score (nSPS) is 10.6. The van der Waals surface area contributed by atoms with Crippen molar-refractivity contribution in [3.63, 3.8) is 0 Å².